The Kier molecular flexibility index (Phi) is 6.77. The molecule has 0 saturated carbocycles. The molecule has 1 atom stereocenters. The second-order valence-electron chi connectivity index (χ2n) is 5.60. The van der Waals surface area contributed by atoms with Gasteiger partial charge in [-0.05, 0) is 31.7 Å². The minimum Gasteiger partial charge on any atom is -0.462 e. The normalized spacial score (nSPS) is 12.7. The zero-order valence-electron chi connectivity index (χ0n) is 12.8. The first-order valence-electron chi connectivity index (χ1n) is 6.95. The zero-order valence-corrected chi connectivity index (χ0v) is 13.6. The Hall–Kier alpha value is -1.47. The first kappa shape index (κ1) is 17.6. The van der Waals surface area contributed by atoms with Crippen molar-refractivity contribution in [3.63, 3.8) is 0 Å². The Morgan fingerprint density at radius 2 is 2.10 bits per heavy atom. The number of hydrogen-bond donors (Lipinski definition) is 1. The summed E-state index contributed by atoms with van der Waals surface area (Å²) in [6.45, 7) is 8.10. The summed E-state index contributed by atoms with van der Waals surface area (Å²) in [5.41, 5.74) is 0.804. The van der Waals surface area contributed by atoms with Crippen molar-refractivity contribution in [2.75, 3.05) is 0 Å². The number of esters is 1. The number of hydrogen-bond acceptors (Lipinski definition) is 6. The number of rotatable bonds is 8. The Bertz CT molecular complexity index is 485. The maximum atomic E-state index is 12.0. The first-order valence-corrected chi connectivity index (χ1v) is 7.83. The summed E-state index contributed by atoms with van der Waals surface area (Å²) < 4.78 is 5.24. The van der Waals surface area contributed by atoms with E-state index < -0.39 is 11.0 Å². The minimum atomic E-state index is -0.410. The van der Waals surface area contributed by atoms with E-state index in [-0.39, 0.29) is 17.1 Å². The molecule has 1 heterocycles. The quantitative estimate of drug-likeness (QED) is 0.453. The van der Waals surface area contributed by atoms with Gasteiger partial charge in [0.25, 0.3) is 0 Å². The van der Waals surface area contributed by atoms with Crippen LogP contribution in [0.1, 0.15) is 39.7 Å². The fourth-order valence-electron chi connectivity index (χ4n) is 1.84. The highest BCUT2D eigenvalue weighted by Crippen LogP contribution is 2.22. The second-order valence-corrected chi connectivity index (χ2v) is 6.49. The van der Waals surface area contributed by atoms with Crippen molar-refractivity contribution >= 4 is 22.3 Å². The van der Waals surface area contributed by atoms with Crippen LogP contribution < -0.4 is 5.32 Å². The van der Waals surface area contributed by atoms with Crippen LogP contribution in [0.5, 0.6) is 0 Å². The van der Waals surface area contributed by atoms with Gasteiger partial charge in [-0.3, -0.25) is 14.9 Å². The van der Waals surface area contributed by atoms with Crippen LogP contribution in [0.3, 0.4) is 0 Å². The summed E-state index contributed by atoms with van der Waals surface area (Å²) in [5, 5.41) is 15.6. The molecular weight excluding hydrogens is 292 g/mol. The van der Waals surface area contributed by atoms with Crippen molar-refractivity contribution in [1.29, 1.82) is 0 Å². The molecule has 0 unspecified atom stereocenters. The topological polar surface area (TPSA) is 81.5 Å². The van der Waals surface area contributed by atoms with Gasteiger partial charge < -0.3 is 10.1 Å². The van der Waals surface area contributed by atoms with Gasteiger partial charge in [-0.1, -0.05) is 25.2 Å². The monoisotopic (exact) mass is 314 g/mol. The van der Waals surface area contributed by atoms with Crippen molar-refractivity contribution < 1.29 is 14.5 Å². The van der Waals surface area contributed by atoms with E-state index in [1.165, 1.54) is 6.07 Å². The second kappa shape index (κ2) is 8.09. The summed E-state index contributed by atoms with van der Waals surface area (Å²) in [5.74, 6) is 0.0717. The highest BCUT2D eigenvalue weighted by atomic mass is 32.1. The zero-order chi connectivity index (χ0) is 16.0. The molecule has 0 amide bonds. The molecule has 0 saturated heterocycles. The van der Waals surface area contributed by atoms with Crippen molar-refractivity contribution in [2.24, 2.45) is 5.92 Å². The van der Waals surface area contributed by atoms with Gasteiger partial charge in [0.2, 0.25) is 0 Å². The van der Waals surface area contributed by atoms with Crippen LogP contribution in [0.2, 0.25) is 0 Å². The van der Waals surface area contributed by atoms with Crippen molar-refractivity contribution in [1.82, 2.24) is 5.32 Å². The van der Waals surface area contributed by atoms with Crippen LogP contribution in [0.15, 0.2) is 11.4 Å². The Morgan fingerprint density at radius 1 is 1.43 bits per heavy atom. The van der Waals surface area contributed by atoms with Crippen LogP contribution in [0, 0.1) is 16.0 Å². The predicted octanol–water partition coefficient (Wildman–Crippen LogP) is 3.11. The molecule has 6 nitrogen and oxygen atoms in total. The van der Waals surface area contributed by atoms with Gasteiger partial charge in [0.1, 0.15) is 6.04 Å². The van der Waals surface area contributed by atoms with E-state index in [4.69, 9.17) is 4.74 Å². The molecule has 1 N–H and O–H groups in total. The Balaban J connectivity index is 2.63. The van der Waals surface area contributed by atoms with E-state index >= 15 is 0 Å². The molecule has 1 rings (SSSR count). The third-order valence-electron chi connectivity index (χ3n) is 2.72. The lowest BCUT2D eigenvalue weighted by atomic mass is 10.0. The van der Waals surface area contributed by atoms with Crippen molar-refractivity contribution in [3.05, 3.63) is 27.1 Å². The molecule has 0 radical (unpaired) electrons. The third-order valence-corrected chi connectivity index (χ3v) is 3.64. The number of nitro groups is 1. The third kappa shape index (κ3) is 6.22. The van der Waals surface area contributed by atoms with E-state index in [0.29, 0.717) is 18.9 Å². The van der Waals surface area contributed by atoms with Crippen LogP contribution in [0.4, 0.5) is 5.00 Å². The molecule has 0 aliphatic heterocycles. The predicted molar refractivity (Wildman–Crippen MR) is 82.3 cm³/mol. The van der Waals surface area contributed by atoms with E-state index in [1.807, 2.05) is 27.7 Å². The highest BCUT2D eigenvalue weighted by molar-refractivity contribution is 7.13. The molecule has 0 aromatic carbocycles. The van der Waals surface area contributed by atoms with Gasteiger partial charge in [0.05, 0.1) is 11.0 Å². The summed E-state index contributed by atoms with van der Waals surface area (Å²) in [6, 6.07) is 1.13. The van der Waals surface area contributed by atoms with E-state index in [2.05, 4.69) is 5.32 Å². The Labute approximate surface area is 128 Å². The molecule has 1 aromatic heterocycles. The molecule has 0 bridgehead atoms. The number of ether oxygens (including phenoxy) is 1. The van der Waals surface area contributed by atoms with Crippen LogP contribution >= 0.6 is 11.3 Å². The van der Waals surface area contributed by atoms with E-state index in [0.717, 1.165) is 16.9 Å². The smallest absolute Gasteiger partial charge is 0.324 e. The average molecular weight is 314 g/mol. The molecule has 7 heteroatoms. The Morgan fingerprint density at radius 3 is 2.57 bits per heavy atom. The van der Waals surface area contributed by atoms with Crippen LogP contribution in [0.25, 0.3) is 0 Å². The largest absolute Gasteiger partial charge is 0.462 e. The molecule has 1 aromatic rings. The summed E-state index contributed by atoms with van der Waals surface area (Å²) in [7, 11) is 0. The van der Waals surface area contributed by atoms with E-state index in [1.54, 1.807) is 5.38 Å². The highest BCUT2D eigenvalue weighted by Gasteiger charge is 2.22. The summed E-state index contributed by atoms with van der Waals surface area (Å²) in [6.07, 6.45) is 0.508. The lowest BCUT2D eigenvalue weighted by Crippen LogP contribution is -2.39. The molecule has 0 spiro atoms. The standard InChI is InChI=1S/C14H22N2O4S/c1-9(2)5-12(14(17)20-10(3)4)15-7-11-6-13(16(18)19)21-8-11/h6,8-10,12,15H,5,7H2,1-4H3/t12-/m0/s1. The van der Waals surface area contributed by atoms with Crippen molar-refractivity contribution in [2.45, 2.75) is 52.8 Å². The average Bonchev–Trinajstić information content (AvgIpc) is 2.81. The minimum absolute atomic E-state index is 0.108. The fraction of sp³-hybridized carbons (Fsp3) is 0.643. The van der Waals surface area contributed by atoms with Gasteiger partial charge in [-0.15, -0.1) is 0 Å². The van der Waals surface area contributed by atoms with Crippen molar-refractivity contribution in [3.8, 4) is 0 Å². The van der Waals surface area contributed by atoms with Gasteiger partial charge in [0, 0.05) is 18.0 Å². The van der Waals surface area contributed by atoms with Gasteiger partial charge in [-0.2, -0.15) is 0 Å². The number of nitrogens with zero attached hydrogens (tertiary/aromatic N) is 1. The van der Waals surface area contributed by atoms with Gasteiger partial charge in [0.15, 0.2) is 0 Å². The summed E-state index contributed by atoms with van der Waals surface area (Å²) in [4.78, 5) is 22.3. The first-order chi connectivity index (χ1) is 9.79. The molecule has 0 fully saturated rings. The fourth-order valence-corrected chi connectivity index (χ4v) is 2.57. The number of carbonyl (C=O) groups excluding carboxylic acids is 1. The van der Waals surface area contributed by atoms with Gasteiger partial charge in [-0.25, -0.2) is 0 Å². The summed E-state index contributed by atoms with van der Waals surface area (Å²) >= 11 is 1.09. The molecule has 21 heavy (non-hydrogen) atoms. The maximum Gasteiger partial charge on any atom is 0.324 e. The number of thiophene rings is 1. The molecular formula is C14H22N2O4S. The molecule has 118 valence electrons. The molecule has 0 aliphatic rings. The van der Waals surface area contributed by atoms with Crippen LogP contribution in [-0.4, -0.2) is 23.0 Å². The molecule has 0 aliphatic carbocycles. The van der Waals surface area contributed by atoms with Crippen LogP contribution in [-0.2, 0) is 16.1 Å². The van der Waals surface area contributed by atoms with E-state index in [9.17, 15) is 14.9 Å². The lowest BCUT2D eigenvalue weighted by molar-refractivity contribution is -0.380. The number of nitrogens with one attached hydrogen (secondary N) is 1. The van der Waals surface area contributed by atoms with Gasteiger partial charge >= 0.3 is 11.0 Å². The lowest BCUT2D eigenvalue weighted by Gasteiger charge is -2.20. The SMILES string of the molecule is CC(C)C[C@H](NCc1csc([N+](=O)[O-])c1)C(=O)OC(C)C. The number of carbonyl (C=O) groups is 1. The maximum absolute atomic E-state index is 12.0.